The van der Waals surface area contributed by atoms with Gasteiger partial charge in [-0.2, -0.15) is 13.2 Å². The van der Waals surface area contributed by atoms with Gasteiger partial charge in [0.1, 0.15) is 6.04 Å². The molecular weight excluding hydrogens is 337 g/mol. The Kier molecular flexibility index (Phi) is 5.92. The van der Waals surface area contributed by atoms with Crippen molar-refractivity contribution in [1.29, 1.82) is 0 Å². The predicted molar refractivity (Wildman–Crippen MR) is 85.0 cm³/mol. The first-order valence-corrected chi connectivity index (χ1v) is 8.05. The van der Waals surface area contributed by atoms with Crippen LogP contribution in [0.3, 0.4) is 0 Å². The van der Waals surface area contributed by atoms with Gasteiger partial charge in [-0.05, 0) is 17.9 Å². The van der Waals surface area contributed by atoms with Gasteiger partial charge in [0, 0.05) is 19.5 Å². The Morgan fingerprint density at radius 2 is 1.92 bits per heavy atom. The average Bonchev–Trinajstić information content (AvgIpc) is 2.53. The lowest BCUT2D eigenvalue weighted by molar-refractivity contribution is -0.154. The number of nitrogens with zero attached hydrogens (tertiary/aromatic N) is 1. The van der Waals surface area contributed by atoms with E-state index in [-0.39, 0.29) is 25.4 Å². The second-order valence-corrected chi connectivity index (χ2v) is 6.51. The Morgan fingerprint density at radius 3 is 2.48 bits per heavy atom. The first-order chi connectivity index (χ1) is 11.7. The first kappa shape index (κ1) is 19.1. The summed E-state index contributed by atoms with van der Waals surface area (Å²) in [7, 11) is 0. The molecule has 1 aromatic rings. The van der Waals surface area contributed by atoms with Crippen molar-refractivity contribution in [2.75, 3.05) is 13.1 Å². The number of amides is 2. The fourth-order valence-corrected chi connectivity index (χ4v) is 3.04. The summed E-state index contributed by atoms with van der Waals surface area (Å²) in [4.78, 5) is 24.6. The summed E-state index contributed by atoms with van der Waals surface area (Å²) in [5, 5.41) is 11.1. The van der Waals surface area contributed by atoms with Crippen molar-refractivity contribution in [2.45, 2.75) is 32.0 Å². The van der Waals surface area contributed by atoms with Crippen LogP contribution < -0.4 is 5.32 Å². The molecule has 0 saturated carbocycles. The molecule has 1 aliphatic rings. The third-order valence-corrected chi connectivity index (χ3v) is 4.27. The van der Waals surface area contributed by atoms with Crippen LogP contribution in [0.25, 0.3) is 0 Å². The van der Waals surface area contributed by atoms with Gasteiger partial charge in [-0.1, -0.05) is 37.3 Å². The van der Waals surface area contributed by atoms with Gasteiger partial charge in [-0.15, -0.1) is 0 Å². The minimum atomic E-state index is -4.60. The first-order valence-electron chi connectivity index (χ1n) is 8.05. The number of hydrogen-bond donors (Lipinski definition) is 2. The summed E-state index contributed by atoms with van der Waals surface area (Å²) in [6, 6.07) is 5.19. The van der Waals surface area contributed by atoms with Crippen LogP contribution >= 0.6 is 0 Å². The number of piperidine rings is 1. The molecule has 5 nitrogen and oxygen atoms in total. The zero-order valence-corrected chi connectivity index (χ0v) is 13.8. The van der Waals surface area contributed by atoms with Gasteiger partial charge in [0.05, 0.1) is 5.92 Å². The third-order valence-electron chi connectivity index (χ3n) is 4.27. The van der Waals surface area contributed by atoms with E-state index in [0.29, 0.717) is 12.0 Å². The molecule has 0 aliphatic carbocycles. The van der Waals surface area contributed by atoms with Crippen molar-refractivity contribution in [1.82, 2.24) is 10.2 Å². The largest absolute Gasteiger partial charge is 0.481 e. The summed E-state index contributed by atoms with van der Waals surface area (Å²) in [6.45, 7) is 1.94. The normalized spacial score (nSPS) is 22.3. The number of urea groups is 1. The van der Waals surface area contributed by atoms with Crippen molar-refractivity contribution >= 4 is 12.0 Å². The second kappa shape index (κ2) is 7.76. The third kappa shape index (κ3) is 5.37. The molecule has 3 unspecified atom stereocenters. The molecule has 1 saturated heterocycles. The van der Waals surface area contributed by atoms with Crippen molar-refractivity contribution < 1.29 is 27.9 Å². The molecule has 0 radical (unpaired) electrons. The molecule has 0 aromatic heterocycles. The fraction of sp³-hybridized carbons (Fsp3) is 0.529. The van der Waals surface area contributed by atoms with Crippen LogP contribution in [0.2, 0.25) is 0 Å². The maximum absolute atomic E-state index is 13.3. The number of halogens is 3. The Balaban J connectivity index is 2.07. The molecule has 0 bridgehead atoms. The minimum absolute atomic E-state index is 0.0819. The van der Waals surface area contributed by atoms with Crippen LogP contribution in [0.5, 0.6) is 0 Å². The minimum Gasteiger partial charge on any atom is -0.481 e. The molecule has 1 aromatic carbocycles. The van der Waals surface area contributed by atoms with E-state index in [4.69, 9.17) is 5.11 Å². The number of carbonyl (C=O) groups excluding carboxylic acids is 1. The number of alkyl halides is 3. The number of carboxylic acid groups (broad SMARTS) is 1. The molecule has 2 N–H and O–H groups in total. The number of benzene rings is 1. The molecule has 0 spiro atoms. The van der Waals surface area contributed by atoms with E-state index >= 15 is 0 Å². The number of aliphatic carboxylic acids is 1. The van der Waals surface area contributed by atoms with Crippen LogP contribution in [0.1, 0.15) is 18.9 Å². The smallest absolute Gasteiger partial charge is 0.408 e. The fourth-order valence-electron chi connectivity index (χ4n) is 3.04. The molecule has 3 atom stereocenters. The van der Waals surface area contributed by atoms with E-state index in [2.05, 4.69) is 0 Å². The van der Waals surface area contributed by atoms with E-state index in [1.54, 1.807) is 37.3 Å². The molecular formula is C17H21F3N2O3. The van der Waals surface area contributed by atoms with E-state index in [9.17, 15) is 22.8 Å². The summed E-state index contributed by atoms with van der Waals surface area (Å²) < 4.78 is 39.9. The van der Waals surface area contributed by atoms with Gasteiger partial charge in [0.25, 0.3) is 0 Å². The Hall–Kier alpha value is -2.25. The van der Waals surface area contributed by atoms with E-state index in [1.165, 1.54) is 0 Å². The Labute approximate surface area is 143 Å². The topological polar surface area (TPSA) is 69.6 Å². The van der Waals surface area contributed by atoms with Gasteiger partial charge in [0.15, 0.2) is 0 Å². The van der Waals surface area contributed by atoms with Gasteiger partial charge < -0.3 is 15.3 Å². The van der Waals surface area contributed by atoms with E-state index < -0.39 is 30.1 Å². The van der Waals surface area contributed by atoms with Crippen LogP contribution in [0.4, 0.5) is 18.0 Å². The van der Waals surface area contributed by atoms with Crippen LogP contribution in [-0.4, -0.2) is 47.3 Å². The lowest BCUT2D eigenvalue weighted by Gasteiger charge is -2.35. The SMILES string of the molecule is CC1CC(C(=O)O)CN(C(=O)NC(Cc2ccccc2)C(F)(F)F)C1. The quantitative estimate of drug-likeness (QED) is 0.870. The van der Waals surface area contributed by atoms with Gasteiger partial charge in [-0.3, -0.25) is 4.79 Å². The van der Waals surface area contributed by atoms with Gasteiger partial charge in [0.2, 0.25) is 0 Å². The number of carboxylic acids is 1. The second-order valence-electron chi connectivity index (χ2n) is 6.51. The van der Waals surface area contributed by atoms with Crippen molar-refractivity contribution in [3.05, 3.63) is 35.9 Å². The molecule has 25 heavy (non-hydrogen) atoms. The van der Waals surface area contributed by atoms with Crippen molar-refractivity contribution in [3.63, 3.8) is 0 Å². The molecule has 1 heterocycles. The maximum atomic E-state index is 13.3. The Bertz CT molecular complexity index is 607. The van der Waals surface area contributed by atoms with Crippen LogP contribution in [-0.2, 0) is 11.2 Å². The van der Waals surface area contributed by atoms with Crippen LogP contribution in [0.15, 0.2) is 30.3 Å². The molecule has 1 aliphatic heterocycles. The number of nitrogens with one attached hydrogen (secondary N) is 1. The highest BCUT2D eigenvalue weighted by atomic mass is 19.4. The average molecular weight is 358 g/mol. The van der Waals surface area contributed by atoms with E-state index in [0.717, 1.165) is 4.90 Å². The number of carbonyl (C=O) groups is 2. The molecule has 8 heteroatoms. The molecule has 1 fully saturated rings. The Morgan fingerprint density at radius 1 is 1.28 bits per heavy atom. The lowest BCUT2D eigenvalue weighted by Crippen LogP contribution is -2.55. The lowest BCUT2D eigenvalue weighted by atomic mass is 9.91. The summed E-state index contributed by atoms with van der Waals surface area (Å²) in [5.41, 5.74) is 0.459. The number of hydrogen-bond acceptors (Lipinski definition) is 2. The monoisotopic (exact) mass is 358 g/mol. The summed E-state index contributed by atoms with van der Waals surface area (Å²) in [5.74, 6) is -1.88. The highest BCUT2D eigenvalue weighted by Crippen LogP contribution is 2.25. The number of likely N-dealkylation sites (tertiary alicyclic amines) is 1. The number of rotatable bonds is 4. The van der Waals surface area contributed by atoms with E-state index in [1.807, 2.05) is 5.32 Å². The van der Waals surface area contributed by atoms with Gasteiger partial charge >= 0.3 is 18.2 Å². The van der Waals surface area contributed by atoms with Crippen molar-refractivity contribution in [2.24, 2.45) is 11.8 Å². The van der Waals surface area contributed by atoms with Crippen LogP contribution in [0, 0.1) is 11.8 Å². The highest BCUT2D eigenvalue weighted by molar-refractivity contribution is 5.77. The molecule has 2 rings (SSSR count). The van der Waals surface area contributed by atoms with Crippen molar-refractivity contribution in [3.8, 4) is 0 Å². The summed E-state index contributed by atoms with van der Waals surface area (Å²) >= 11 is 0. The zero-order chi connectivity index (χ0) is 18.6. The standard InChI is InChI=1S/C17H21F3N2O3/c1-11-7-13(15(23)24)10-22(9-11)16(25)21-14(17(18,19)20)8-12-5-3-2-4-6-12/h2-6,11,13-14H,7-10H2,1H3,(H,21,25)(H,23,24). The predicted octanol–water partition coefficient (Wildman–Crippen LogP) is 2.91. The van der Waals surface area contributed by atoms with Gasteiger partial charge in [-0.25, -0.2) is 4.79 Å². The molecule has 138 valence electrons. The highest BCUT2D eigenvalue weighted by Gasteiger charge is 2.42. The summed E-state index contributed by atoms with van der Waals surface area (Å²) in [6.07, 6.45) is -4.56. The molecule has 2 amide bonds. The zero-order valence-electron chi connectivity index (χ0n) is 13.8. The maximum Gasteiger partial charge on any atom is 0.408 e.